The van der Waals surface area contributed by atoms with E-state index in [1.807, 2.05) is 32.0 Å². The van der Waals surface area contributed by atoms with Crippen LogP contribution in [0, 0.1) is 20.8 Å². The van der Waals surface area contributed by atoms with Crippen molar-refractivity contribution in [2.45, 2.75) is 25.8 Å². The van der Waals surface area contributed by atoms with E-state index in [1.165, 1.54) is 17.3 Å². The summed E-state index contributed by atoms with van der Waals surface area (Å²) >= 11 is 4.90. The number of carbonyl (C=O) groups excluding carboxylic acids is 1. The monoisotopic (exact) mass is 349 g/mol. The van der Waals surface area contributed by atoms with Crippen LogP contribution in [0.1, 0.15) is 27.0 Å². The fourth-order valence-corrected chi connectivity index (χ4v) is 3.31. The highest BCUT2D eigenvalue weighted by atomic mass is 79.9. The molecule has 0 radical (unpaired) electrons. The van der Waals surface area contributed by atoms with Gasteiger partial charge in [0.15, 0.2) is 5.78 Å². The summed E-state index contributed by atoms with van der Waals surface area (Å²) in [5, 5.41) is 0.849. The van der Waals surface area contributed by atoms with Crippen LogP contribution in [0.3, 0.4) is 0 Å². The Hall–Kier alpha value is -1.13. The minimum absolute atomic E-state index is 0.146. The van der Waals surface area contributed by atoms with E-state index in [0.29, 0.717) is 5.75 Å². The summed E-state index contributed by atoms with van der Waals surface area (Å²) < 4.78 is 0.926. The van der Waals surface area contributed by atoms with E-state index in [2.05, 4.69) is 33.9 Å². The molecule has 0 bridgehead atoms. The second-order valence-electron chi connectivity index (χ2n) is 4.75. The van der Waals surface area contributed by atoms with Crippen molar-refractivity contribution in [2.75, 3.05) is 5.75 Å². The number of aromatic nitrogens is 1. The van der Waals surface area contributed by atoms with Crippen molar-refractivity contribution in [2.24, 2.45) is 0 Å². The zero-order valence-corrected chi connectivity index (χ0v) is 14.1. The van der Waals surface area contributed by atoms with E-state index in [0.717, 1.165) is 26.2 Å². The highest BCUT2D eigenvalue weighted by Crippen LogP contribution is 2.26. The molecule has 1 aromatic carbocycles. The number of pyridine rings is 1. The van der Waals surface area contributed by atoms with E-state index in [1.54, 1.807) is 6.20 Å². The van der Waals surface area contributed by atoms with Crippen molar-refractivity contribution in [3.8, 4) is 0 Å². The molecule has 0 saturated carbocycles. The quantitative estimate of drug-likeness (QED) is 0.589. The van der Waals surface area contributed by atoms with Crippen molar-refractivity contribution < 1.29 is 4.79 Å². The number of halogens is 1. The number of hydrogen-bond acceptors (Lipinski definition) is 3. The Morgan fingerprint density at radius 2 is 1.90 bits per heavy atom. The van der Waals surface area contributed by atoms with E-state index in [4.69, 9.17) is 0 Å². The van der Waals surface area contributed by atoms with E-state index < -0.39 is 0 Å². The van der Waals surface area contributed by atoms with Gasteiger partial charge in [-0.05, 0) is 71.6 Å². The van der Waals surface area contributed by atoms with Gasteiger partial charge in [0.25, 0.3) is 0 Å². The molecule has 2 nitrogen and oxygen atoms in total. The average molecular weight is 350 g/mol. The predicted octanol–water partition coefficient (Wildman–Crippen LogP) is 4.74. The molecule has 1 aromatic heterocycles. The van der Waals surface area contributed by atoms with Crippen molar-refractivity contribution in [1.82, 2.24) is 4.98 Å². The minimum atomic E-state index is 0.146. The largest absolute Gasteiger partial charge is 0.293 e. The topological polar surface area (TPSA) is 30.0 Å². The van der Waals surface area contributed by atoms with Crippen LogP contribution < -0.4 is 0 Å². The van der Waals surface area contributed by atoms with Gasteiger partial charge in [-0.25, -0.2) is 4.98 Å². The maximum atomic E-state index is 12.3. The first kappa shape index (κ1) is 15.3. The number of aryl methyl sites for hydroxylation is 3. The smallest absolute Gasteiger partial charge is 0.173 e. The zero-order chi connectivity index (χ0) is 14.7. The van der Waals surface area contributed by atoms with Gasteiger partial charge in [-0.15, -0.1) is 0 Å². The maximum Gasteiger partial charge on any atom is 0.173 e. The third-order valence-electron chi connectivity index (χ3n) is 3.21. The Bertz CT molecular complexity index is 655. The standard InChI is InChI=1S/C16H16BrNOS/c1-10-7-12(3)13(8-11(10)2)15(19)9-20-16-14(17)5-4-6-18-16/h4-8H,9H2,1-3H3. The van der Waals surface area contributed by atoms with E-state index in [9.17, 15) is 4.79 Å². The van der Waals surface area contributed by atoms with Crippen molar-refractivity contribution in [3.05, 3.63) is 57.2 Å². The van der Waals surface area contributed by atoms with Crippen LogP contribution in [0.25, 0.3) is 0 Å². The molecule has 4 heteroatoms. The van der Waals surface area contributed by atoms with Gasteiger partial charge >= 0.3 is 0 Å². The molecule has 0 fully saturated rings. The molecule has 0 N–H and O–H groups in total. The molecule has 104 valence electrons. The molecule has 2 rings (SSSR count). The summed E-state index contributed by atoms with van der Waals surface area (Å²) in [5.74, 6) is 0.548. The van der Waals surface area contributed by atoms with Crippen LogP contribution in [0.2, 0.25) is 0 Å². The SMILES string of the molecule is Cc1cc(C)c(C(=O)CSc2ncccc2Br)cc1C. The number of hydrogen-bond donors (Lipinski definition) is 0. The molecule has 0 spiro atoms. The number of carbonyl (C=O) groups is 1. The van der Waals surface area contributed by atoms with Crippen molar-refractivity contribution in [3.63, 3.8) is 0 Å². The summed E-state index contributed by atoms with van der Waals surface area (Å²) in [6, 6.07) is 7.86. The maximum absolute atomic E-state index is 12.3. The van der Waals surface area contributed by atoms with Gasteiger partial charge in [0.2, 0.25) is 0 Å². The molecule has 20 heavy (non-hydrogen) atoms. The number of nitrogens with zero attached hydrogens (tertiary/aromatic N) is 1. The molecular formula is C16H16BrNOS. The third kappa shape index (κ3) is 3.49. The van der Waals surface area contributed by atoms with Crippen LogP contribution in [-0.2, 0) is 0 Å². The molecule has 0 aliphatic rings. The highest BCUT2D eigenvalue weighted by Gasteiger charge is 2.12. The molecule has 0 unspecified atom stereocenters. The first-order valence-corrected chi connectivity index (χ1v) is 8.11. The van der Waals surface area contributed by atoms with Gasteiger partial charge < -0.3 is 0 Å². The second kappa shape index (κ2) is 6.55. The lowest BCUT2D eigenvalue weighted by molar-refractivity contribution is 0.102. The molecule has 2 aromatic rings. The average Bonchev–Trinajstić information content (AvgIpc) is 2.41. The molecular weight excluding hydrogens is 334 g/mol. The highest BCUT2D eigenvalue weighted by molar-refractivity contribution is 9.10. The van der Waals surface area contributed by atoms with Crippen molar-refractivity contribution in [1.29, 1.82) is 0 Å². The van der Waals surface area contributed by atoms with Gasteiger partial charge in [-0.3, -0.25) is 4.79 Å². The normalized spacial score (nSPS) is 10.6. The van der Waals surface area contributed by atoms with Crippen LogP contribution in [0.4, 0.5) is 0 Å². The lowest BCUT2D eigenvalue weighted by Gasteiger charge is -2.09. The summed E-state index contributed by atoms with van der Waals surface area (Å²) in [6.07, 6.45) is 1.73. The zero-order valence-electron chi connectivity index (χ0n) is 11.7. The molecule has 0 atom stereocenters. The summed E-state index contributed by atoms with van der Waals surface area (Å²) in [6.45, 7) is 6.09. The Morgan fingerprint density at radius 1 is 1.20 bits per heavy atom. The molecule has 0 aliphatic carbocycles. The fraction of sp³-hybridized carbons (Fsp3) is 0.250. The molecule has 0 aliphatic heterocycles. The van der Waals surface area contributed by atoms with E-state index in [-0.39, 0.29) is 5.78 Å². The Labute approximate surface area is 132 Å². The fourth-order valence-electron chi connectivity index (χ4n) is 1.95. The summed E-state index contributed by atoms with van der Waals surface area (Å²) in [4.78, 5) is 16.6. The van der Waals surface area contributed by atoms with E-state index >= 15 is 0 Å². The minimum Gasteiger partial charge on any atom is -0.293 e. The van der Waals surface area contributed by atoms with Crippen molar-refractivity contribution >= 4 is 33.5 Å². The number of benzene rings is 1. The first-order valence-electron chi connectivity index (χ1n) is 6.33. The number of ketones is 1. The number of Topliss-reactive ketones (excluding diaryl/α,β-unsaturated/α-hetero) is 1. The second-order valence-corrected chi connectivity index (χ2v) is 6.57. The van der Waals surface area contributed by atoms with Crippen LogP contribution in [-0.4, -0.2) is 16.5 Å². The van der Waals surface area contributed by atoms with Crippen LogP contribution in [0.15, 0.2) is 40.0 Å². The van der Waals surface area contributed by atoms with Gasteiger partial charge in [-0.2, -0.15) is 0 Å². The predicted molar refractivity (Wildman–Crippen MR) is 87.6 cm³/mol. The van der Waals surface area contributed by atoms with Gasteiger partial charge in [0.05, 0.1) is 5.75 Å². The van der Waals surface area contributed by atoms with Crippen LogP contribution >= 0.6 is 27.7 Å². The lowest BCUT2D eigenvalue weighted by atomic mass is 9.99. The summed E-state index contributed by atoms with van der Waals surface area (Å²) in [7, 11) is 0. The third-order valence-corrected chi connectivity index (χ3v) is 5.11. The molecule has 0 amide bonds. The van der Waals surface area contributed by atoms with Gasteiger partial charge in [-0.1, -0.05) is 17.8 Å². The Morgan fingerprint density at radius 3 is 2.60 bits per heavy atom. The Balaban J connectivity index is 2.13. The Kier molecular flexibility index (Phi) is 5.00. The summed E-state index contributed by atoms with van der Waals surface area (Å²) in [5.41, 5.74) is 4.23. The lowest BCUT2D eigenvalue weighted by Crippen LogP contribution is -2.06. The number of rotatable bonds is 4. The first-order chi connectivity index (χ1) is 9.49. The molecule has 1 heterocycles. The van der Waals surface area contributed by atoms with Gasteiger partial charge in [0.1, 0.15) is 5.03 Å². The molecule has 0 saturated heterocycles. The van der Waals surface area contributed by atoms with Crippen LogP contribution in [0.5, 0.6) is 0 Å². The number of thioether (sulfide) groups is 1. The van der Waals surface area contributed by atoms with Gasteiger partial charge in [0, 0.05) is 16.2 Å².